The van der Waals surface area contributed by atoms with Gasteiger partial charge in [0.2, 0.25) is 0 Å². The summed E-state index contributed by atoms with van der Waals surface area (Å²) in [7, 11) is 0. The molecule has 0 fully saturated rings. The van der Waals surface area contributed by atoms with Crippen LogP contribution in [0, 0.1) is 11.6 Å². The maximum Gasteiger partial charge on any atom is 0.261 e. The van der Waals surface area contributed by atoms with E-state index < -0.39 is 23.1 Å². The zero-order chi connectivity index (χ0) is 19.9. The number of hydrogen-bond donors (Lipinski definition) is 2. The van der Waals surface area contributed by atoms with Gasteiger partial charge in [-0.1, -0.05) is 49.1 Å². The van der Waals surface area contributed by atoms with Crippen molar-refractivity contribution >= 4 is 22.8 Å². The predicted molar refractivity (Wildman–Crippen MR) is 108 cm³/mol. The molecule has 0 aromatic heterocycles. The van der Waals surface area contributed by atoms with Gasteiger partial charge < -0.3 is 11.1 Å². The lowest BCUT2D eigenvalue weighted by molar-refractivity contribution is 0.0959. The van der Waals surface area contributed by atoms with E-state index in [1.807, 2.05) is 12.2 Å². The number of benzene rings is 1. The van der Waals surface area contributed by atoms with Gasteiger partial charge in [-0.25, -0.2) is 8.78 Å². The van der Waals surface area contributed by atoms with Crippen LogP contribution in [0.3, 0.4) is 0 Å². The molecule has 27 heavy (non-hydrogen) atoms. The number of halogens is 2. The molecule has 0 spiro atoms. The van der Waals surface area contributed by atoms with Crippen molar-refractivity contribution in [1.82, 2.24) is 5.32 Å². The zero-order valence-electron chi connectivity index (χ0n) is 15.3. The third kappa shape index (κ3) is 5.53. The summed E-state index contributed by atoms with van der Waals surface area (Å²) in [6, 6.07) is 3.31. The van der Waals surface area contributed by atoms with Crippen LogP contribution >= 0.6 is 11.8 Å². The van der Waals surface area contributed by atoms with Gasteiger partial charge in [-0.15, -0.1) is 0 Å². The quantitative estimate of drug-likeness (QED) is 0.710. The zero-order valence-corrected chi connectivity index (χ0v) is 16.2. The first-order valence-corrected chi connectivity index (χ1v) is 9.65. The molecule has 1 heterocycles. The molecule has 1 aliphatic heterocycles. The second-order valence-corrected chi connectivity index (χ2v) is 7.13. The Balaban J connectivity index is 2.07. The molecule has 1 aromatic rings. The summed E-state index contributed by atoms with van der Waals surface area (Å²) >= 11 is 1.55. The average Bonchev–Trinajstić information content (AvgIpc) is 2.64. The van der Waals surface area contributed by atoms with Crippen LogP contribution < -0.4 is 11.1 Å². The highest BCUT2D eigenvalue weighted by molar-refractivity contribution is 8.13. The summed E-state index contributed by atoms with van der Waals surface area (Å²) in [6.45, 7) is 3.78. The molecule has 144 valence electrons. The van der Waals surface area contributed by atoms with Crippen LogP contribution in [-0.2, 0) is 0 Å². The standard InChI is InChI=1S/C20H23F2N3OS/c1-3-14(24-18(26)17-15(21)9-7-10-16(17)22)8-5-6-11-20(4-2)12-13-27-19(23)25-20/h3,5-11H,4,12-13H2,1-2H3,(H2,23,25)(H,24,26)/b8-5-,11-6+,14-3+. The Kier molecular flexibility index (Phi) is 7.36. The molecule has 0 radical (unpaired) electrons. The number of carbonyl (C=O) groups excluding carboxylic acids is 1. The molecule has 1 aromatic carbocycles. The minimum Gasteiger partial charge on any atom is -0.379 e. The molecule has 1 aliphatic rings. The van der Waals surface area contributed by atoms with Crippen molar-refractivity contribution in [2.75, 3.05) is 5.75 Å². The van der Waals surface area contributed by atoms with Gasteiger partial charge in [-0.3, -0.25) is 9.79 Å². The number of hydrogen-bond acceptors (Lipinski definition) is 4. The maximum absolute atomic E-state index is 13.7. The van der Waals surface area contributed by atoms with E-state index in [0.29, 0.717) is 10.9 Å². The van der Waals surface area contributed by atoms with E-state index in [1.165, 1.54) is 6.07 Å². The highest BCUT2D eigenvalue weighted by Crippen LogP contribution is 2.30. The van der Waals surface area contributed by atoms with Crippen LogP contribution in [0.1, 0.15) is 37.0 Å². The van der Waals surface area contributed by atoms with Crippen LogP contribution in [0.2, 0.25) is 0 Å². The molecule has 0 saturated carbocycles. The number of aliphatic imine (C=N–C) groups is 1. The van der Waals surface area contributed by atoms with Gasteiger partial charge in [-0.2, -0.15) is 0 Å². The van der Waals surface area contributed by atoms with Crippen molar-refractivity contribution in [2.24, 2.45) is 10.7 Å². The third-order valence-corrected chi connectivity index (χ3v) is 5.08. The van der Waals surface area contributed by atoms with Crippen LogP contribution in [0.5, 0.6) is 0 Å². The average molecular weight is 391 g/mol. The fourth-order valence-electron chi connectivity index (χ4n) is 2.65. The Hall–Kier alpha value is -2.41. The summed E-state index contributed by atoms with van der Waals surface area (Å²) in [5.41, 5.74) is 5.36. The van der Waals surface area contributed by atoms with Crippen molar-refractivity contribution in [3.05, 3.63) is 71.5 Å². The number of allylic oxidation sites excluding steroid dienone is 4. The van der Waals surface area contributed by atoms with Gasteiger partial charge in [0, 0.05) is 11.4 Å². The van der Waals surface area contributed by atoms with Gasteiger partial charge in [0.05, 0.1) is 5.54 Å². The van der Waals surface area contributed by atoms with Gasteiger partial charge in [0.25, 0.3) is 5.91 Å². The van der Waals surface area contributed by atoms with Crippen molar-refractivity contribution in [3.8, 4) is 0 Å². The minimum atomic E-state index is -0.901. The molecule has 4 nitrogen and oxygen atoms in total. The Labute approximate surface area is 162 Å². The Morgan fingerprint density at radius 2 is 2.07 bits per heavy atom. The number of rotatable bonds is 6. The Morgan fingerprint density at radius 1 is 1.37 bits per heavy atom. The topological polar surface area (TPSA) is 67.5 Å². The molecule has 0 saturated heterocycles. The second kappa shape index (κ2) is 9.50. The van der Waals surface area contributed by atoms with Crippen LogP contribution in [0.25, 0.3) is 0 Å². The first-order valence-electron chi connectivity index (χ1n) is 8.66. The van der Waals surface area contributed by atoms with Gasteiger partial charge in [-0.05, 0) is 38.0 Å². The first-order chi connectivity index (χ1) is 12.9. The molecule has 2 rings (SSSR count). The fraction of sp³-hybridized carbons (Fsp3) is 0.300. The van der Waals surface area contributed by atoms with Crippen LogP contribution in [-0.4, -0.2) is 22.4 Å². The molecule has 7 heteroatoms. The lowest BCUT2D eigenvalue weighted by Crippen LogP contribution is -2.31. The van der Waals surface area contributed by atoms with E-state index >= 15 is 0 Å². The lowest BCUT2D eigenvalue weighted by Gasteiger charge is -2.28. The van der Waals surface area contributed by atoms with Gasteiger partial charge >= 0.3 is 0 Å². The molecule has 0 bridgehead atoms. The number of nitrogens with zero attached hydrogens (tertiary/aromatic N) is 1. The Morgan fingerprint density at radius 3 is 2.67 bits per heavy atom. The highest BCUT2D eigenvalue weighted by Gasteiger charge is 2.27. The summed E-state index contributed by atoms with van der Waals surface area (Å²) < 4.78 is 27.4. The van der Waals surface area contributed by atoms with E-state index in [9.17, 15) is 13.6 Å². The summed E-state index contributed by atoms with van der Waals surface area (Å²) in [6.07, 6.45) is 10.6. The normalized spacial score (nSPS) is 20.9. The molecule has 1 atom stereocenters. The number of nitrogens with two attached hydrogens (primary N) is 1. The predicted octanol–water partition coefficient (Wildman–Crippen LogP) is 4.31. The molecular formula is C20H23F2N3OS. The van der Waals surface area contributed by atoms with E-state index in [0.717, 1.165) is 30.7 Å². The first kappa shape index (κ1) is 20.9. The van der Waals surface area contributed by atoms with E-state index in [1.54, 1.807) is 36.9 Å². The maximum atomic E-state index is 13.7. The van der Waals surface area contributed by atoms with Crippen molar-refractivity contribution in [3.63, 3.8) is 0 Å². The van der Waals surface area contributed by atoms with E-state index in [4.69, 9.17) is 5.73 Å². The molecule has 3 N–H and O–H groups in total. The third-order valence-electron chi connectivity index (χ3n) is 4.28. The van der Waals surface area contributed by atoms with Crippen LogP contribution in [0.15, 0.2) is 59.3 Å². The van der Waals surface area contributed by atoms with Crippen LogP contribution in [0.4, 0.5) is 8.78 Å². The largest absolute Gasteiger partial charge is 0.379 e. The Bertz CT molecular complexity index is 797. The van der Waals surface area contributed by atoms with E-state index in [-0.39, 0.29) is 5.54 Å². The van der Waals surface area contributed by atoms with Crippen molar-refractivity contribution in [2.45, 2.75) is 32.2 Å². The molecular weight excluding hydrogens is 368 g/mol. The molecule has 1 unspecified atom stereocenters. The summed E-state index contributed by atoms with van der Waals surface area (Å²) in [4.78, 5) is 16.7. The number of nitrogens with one attached hydrogen (secondary N) is 1. The van der Waals surface area contributed by atoms with Crippen molar-refractivity contribution < 1.29 is 13.6 Å². The summed E-state index contributed by atoms with van der Waals surface area (Å²) in [5.74, 6) is -1.72. The highest BCUT2D eigenvalue weighted by atomic mass is 32.2. The molecule has 0 aliphatic carbocycles. The minimum absolute atomic E-state index is 0.310. The smallest absolute Gasteiger partial charge is 0.261 e. The SMILES string of the molecule is C\C=C(/C=C\C=C\C1(CC)CCSC(N)=N1)NC(=O)c1c(F)cccc1F. The van der Waals surface area contributed by atoms with E-state index in [2.05, 4.69) is 17.2 Å². The number of amidine groups is 1. The van der Waals surface area contributed by atoms with Gasteiger partial charge in [0.15, 0.2) is 5.17 Å². The second-order valence-electron chi connectivity index (χ2n) is 6.02. The number of thioether (sulfide) groups is 1. The lowest BCUT2D eigenvalue weighted by atomic mass is 9.93. The fourth-order valence-corrected chi connectivity index (χ4v) is 3.56. The number of carbonyl (C=O) groups is 1. The molecule has 1 amide bonds. The monoisotopic (exact) mass is 391 g/mol. The summed E-state index contributed by atoms with van der Waals surface area (Å²) in [5, 5.41) is 3.09. The van der Waals surface area contributed by atoms with Gasteiger partial charge in [0.1, 0.15) is 17.2 Å². The number of amides is 1. The van der Waals surface area contributed by atoms with Crippen molar-refractivity contribution in [1.29, 1.82) is 0 Å².